The molecule has 118 valence electrons. The van der Waals surface area contributed by atoms with Crippen molar-refractivity contribution >= 4 is 0 Å². The topological polar surface area (TPSA) is 59.9 Å². The lowest BCUT2D eigenvalue weighted by Crippen LogP contribution is -2.17. The number of aromatic nitrogens is 3. The van der Waals surface area contributed by atoms with Gasteiger partial charge in [-0.15, -0.1) is 0 Å². The molecular formula is C18H19N3O2. The molecule has 0 bridgehead atoms. The zero-order valence-corrected chi connectivity index (χ0v) is 13.2. The first-order valence-electron chi connectivity index (χ1n) is 7.63. The minimum Gasteiger partial charge on any atom is -0.497 e. The number of pyridine rings is 1. The molecule has 5 heteroatoms. The SMILES string of the molecule is CCCc1c(-c2cccnc2)[nH]n(-c2ccc(OC)cc2)c1=O. The van der Waals surface area contributed by atoms with E-state index >= 15 is 0 Å². The maximum atomic E-state index is 12.8. The van der Waals surface area contributed by atoms with Crippen LogP contribution in [0.1, 0.15) is 18.9 Å². The van der Waals surface area contributed by atoms with Crippen LogP contribution >= 0.6 is 0 Å². The van der Waals surface area contributed by atoms with Crippen molar-refractivity contribution in [3.8, 4) is 22.7 Å². The molecule has 0 fully saturated rings. The van der Waals surface area contributed by atoms with E-state index in [2.05, 4.69) is 17.0 Å². The zero-order chi connectivity index (χ0) is 16.2. The Bertz CT molecular complexity index is 833. The fraction of sp³-hybridized carbons (Fsp3) is 0.222. The lowest BCUT2D eigenvalue weighted by atomic mass is 10.1. The van der Waals surface area contributed by atoms with Gasteiger partial charge in [0.25, 0.3) is 5.56 Å². The molecule has 2 heterocycles. The number of methoxy groups -OCH3 is 1. The Balaban J connectivity index is 2.13. The number of nitrogens with zero attached hydrogens (tertiary/aromatic N) is 2. The summed E-state index contributed by atoms with van der Waals surface area (Å²) in [4.78, 5) is 16.9. The van der Waals surface area contributed by atoms with Gasteiger partial charge in [0.05, 0.1) is 18.5 Å². The predicted octanol–water partition coefficient (Wildman–Crippen LogP) is 3.19. The summed E-state index contributed by atoms with van der Waals surface area (Å²) < 4.78 is 6.74. The van der Waals surface area contributed by atoms with Crippen LogP contribution in [0.25, 0.3) is 16.9 Å². The van der Waals surface area contributed by atoms with E-state index in [1.165, 1.54) is 0 Å². The van der Waals surface area contributed by atoms with Gasteiger partial charge in [0.2, 0.25) is 0 Å². The van der Waals surface area contributed by atoms with Crippen LogP contribution in [0.5, 0.6) is 5.75 Å². The van der Waals surface area contributed by atoms with Crippen molar-refractivity contribution in [1.29, 1.82) is 0 Å². The molecule has 2 aromatic heterocycles. The molecule has 0 atom stereocenters. The third-order valence-electron chi connectivity index (χ3n) is 3.77. The molecule has 0 aliphatic carbocycles. The van der Waals surface area contributed by atoms with Gasteiger partial charge in [-0.1, -0.05) is 13.3 Å². The van der Waals surface area contributed by atoms with Crippen LogP contribution in [0.3, 0.4) is 0 Å². The van der Waals surface area contributed by atoms with Crippen LogP contribution in [0.4, 0.5) is 0 Å². The molecule has 3 rings (SSSR count). The first kappa shape index (κ1) is 15.1. The molecule has 1 N–H and O–H groups in total. The average molecular weight is 309 g/mol. The van der Waals surface area contributed by atoms with Crippen molar-refractivity contribution in [2.75, 3.05) is 7.11 Å². The molecule has 0 aliphatic heterocycles. The van der Waals surface area contributed by atoms with Crippen LogP contribution in [-0.2, 0) is 6.42 Å². The lowest BCUT2D eigenvalue weighted by molar-refractivity contribution is 0.414. The van der Waals surface area contributed by atoms with Crippen LogP contribution in [-0.4, -0.2) is 21.9 Å². The lowest BCUT2D eigenvalue weighted by Gasteiger charge is -2.04. The van der Waals surface area contributed by atoms with E-state index in [1.54, 1.807) is 24.2 Å². The van der Waals surface area contributed by atoms with E-state index in [0.29, 0.717) is 0 Å². The van der Waals surface area contributed by atoms with Crippen molar-refractivity contribution in [2.45, 2.75) is 19.8 Å². The van der Waals surface area contributed by atoms with Gasteiger partial charge in [0, 0.05) is 23.5 Å². The summed E-state index contributed by atoms with van der Waals surface area (Å²) in [5, 5.41) is 3.23. The molecule has 0 unspecified atom stereocenters. The monoisotopic (exact) mass is 309 g/mol. The van der Waals surface area contributed by atoms with Gasteiger partial charge in [0.1, 0.15) is 5.75 Å². The summed E-state index contributed by atoms with van der Waals surface area (Å²) in [6.07, 6.45) is 5.12. The number of rotatable bonds is 5. The average Bonchev–Trinajstić information content (AvgIpc) is 2.93. The molecule has 0 radical (unpaired) electrons. The van der Waals surface area contributed by atoms with Crippen molar-refractivity contribution in [1.82, 2.24) is 14.8 Å². The van der Waals surface area contributed by atoms with Crippen LogP contribution in [0.15, 0.2) is 53.6 Å². The van der Waals surface area contributed by atoms with Crippen molar-refractivity contribution in [3.05, 3.63) is 64.7 Å². The summed E-state index contributed by atoms with van der Waals surface area (Å²) in [6.45, 7) is 2.07. The van der Waals surface area contributed by atoms with Gasteiger partial charge in [-0.05, 0) is 42.8 Å². The third kappa shape index (κ3) is 2.90. The maximum absolute atomic E-state index is 12.8. The van der Waals surface area contributed by atoms with E-state index in [4.69, 9.17) is 4.74 Å². The normalized spacial score (nSPS) is 10.7. The summed E-state index contributed by atoms with van der Waals surface area (Å²) in [7, 11) is 1.62. The molecule has 0 aliphatic rings. The molecule has 0 saturated heterocycles. The fourth-order valence-corrected chi connectivity index (χ4v) is 2.62. The quantitative estimate of drug-likeness (QED) is 0.787. The van der Waals surface area contributed by atoms with Crippen LogP contribution < -0.4 is 10.3 Å². The van der Waals surface area contributed by atoms with Gasteiger partial charge in [-0.2, -0.15) is 0 Å². The van der Waals surface area contributed by atoms with Gasteiger partial charge < -0.3 is 4.74 Å². The number of hydrogen-bond acceptors (Lipinski definition) is 3. The third-order valence-corrected chi connectivity index (χ3v) is 3.77. The summed E-state index contributed by atoms with van der Waals surface area (Å²) in [6, 6.07) is 11.2. The number of nitrogens with one attached hydrogen (secondary N) is 1. The Morgan fingerprint density at radius 2 is 2.00 bits per heavy atom. The highest BCUT2D eigenvalue weighted by Gasteiger charge is 2.16. The largest absolute Gasteiger partial charge is 0.497 e. The predicted molar refractivity (Wildman–Crippen MR) is 90.2 cm³/mol. The van der Waals surface area contributed by atoms with E-state index in [0.717, 1.165) is 41.1 Å². The number of benzene rings is 1. The number of aromatic amines is 1. The summed E-state index contributed by atoms with van der Waals surface area (Å²) in [5.74, 6) is 0.759. The highest BCUT2D eigenvalue weighted by atomic mass is 16.5. The standard InChI is InChI=1S/C18H19N3O2/c1-3-5-16-17(13-6-4-11-19-12-13)20-21(18(16)22)14-7-9-15(23-2)10-8-14/h4,6-12,20H,3,5H2,1-2H3. The Morgan fingerprint density at radius 3 is 2.61 bits per heavy atom. The number of hydrogen-bond donors (Lipinski definition) is 1. The first-order valence-corrected chi connectivity index (χ1v) is 7.63. The minimum atomic E-state index is -0.0177. The van der Waals surface area contributed by atoms with Crippen molar-refractivity contribution < 1.29 is 4.74 Å². The Morgan fingerprint density at radius 1 is 1.22 bits per heavy atom. The van der Waals surface area contributed by atoms with E-state index < -0.39 is 0 Å². The molecule has 1 aromatic carbocycles. The first-order chi connectivity index (χ1) is 11.2. The van der Waals surface area contributed by atoms with Gasteiger partial charge in [0.15, 0.2) is 0 Å². The molecule has 23 heavy (non-hydrogen) atoms. The van der Waals surface area contributed by atoms with Crippen LogP contribution in [0, 0.1) is 0 Å². The van der Waals surface area contributed by atoms with Crippen LogP contribution in [0.2, 0.25) is 0 Å². The van der Waals surface area contributed by atoms with Gasteiger partial charge in [-0.25, -0.2) is 4.68 Å². The Kier molecular flexibility index (Phi) is 4.28. The second kappa shape index (κ2) is 6.52. The fourth-order valence-electron chi connectivity index (χ4n) is 2.62. The Labute approximate surface area is 134 Å². The summed E-state index contributed by atoms with van der Waals surface area (Å²) >= 11 is 0. The van der Waals surface area contributed by atoms with E-state index in [-0.39, 0.29) is 5.56 Å². The number of ether oxygens (including phenoxy) is 1. The smallest absolute Gasteiger partial charge is 0.275 e. The molecular weight excluding hydrogens is 290 g/mol. The van der Waals surface area contributed by atoms with Crippen molar-refractivity contribution in [2.24, 2.45) is 0 Å². The molecule has 3 aromatic rings. The highest BCUT2D eigenvalue weighted by Crippen LogP contribution is 2.21. The maximum Gasteiger partial charge on any atom is 0.275 e. The number of H-pyrrole nitrogens is 1. The second-order valence-electron chi connectivity index (χ2n) is 5.30. The molecule has 5 nitrogen and oxygen atoms in total. The van der Waals surface area contributed by atoms with E-state index in [9.17, 15) is 4.79 Å². The van der Waals surface area contributed by atoms with Gasteiger partial charge >= 0.3 is 0 Å². The van der Waals surface area contributed by atoms with Gasteiger partial charge in [-0.3, -0.25) is 14.9 Å². The second-order valence-corrected chi connectivity index (χ2v) is 5.30. The molecule has 0 spiro atoms. The molecule has 0 saturated carbocycles. The molecule has 0 amide bonds. The zero-order valence-electron chi connectivity index (χ0n) is 13.2. The van der Waals surface area contributed by atoms with Crippen molar-refractivity contribution in [3.63, 3.8) is 0 Å². The summed E-state index contributed by atoms with van der Waals surface area (Å²) in [5.41, 5.74) is 3.30. The van der Waals surface area contributed by atoms with E-state index in [1.807, 2.05) is 36.4 Å². The minimum absolute atomic E-state index is 0.0177. The Hall–Kier alpha value is -2.82. The highest BCUT2D eigenvalue weighted by molar-refractivity contribution is 5.62.